The van der Waals surface area contributed by atoms with Crippen molar-refractivity contribution in [3.63, 3.8) is 0 Å². The third-order valence-corrected chi connectivity index (χ3v) is 5.38. The van der Waals surface area contributed by atoms with Crippen LogP contribution in [0.3, 0.4) is 0 Å². The van der Waals surface area contributed by atoms with E-state index in [1.54, 1.807) is 18.4 Å². The summed E-state index contributed by atoms with van der Waals surface area (Å²) in [6.45, 7) is 3.74. The fourth-order valence-corrected chi connectivity index (χ4v) is 3.75. The van der Waals surface area contributed by atoms with Crippen LogP contribution in [-0.2, 0) is 6.54 Å². The highest BCUT2D eigenvalue weighted by molar-refractivity contribution is 7.19. The molecule has 0 saturated heterocycles. The fraction of sp³-hybridized carbons (Fsp3) is 0.286. The number of benzene rings is 2. The molecule has 3 rings (SSSR count). The van der Waals surface area contributed by atoms with Gasteiger partial charge in [-0.05, 0) is 42.1 Å². The first-order valence-electron chi connectivity index (χ1n) is 9.01. The lowest BCUT2D eigenvalue weighted by Crippen LogP contribution is -2.39. The SMILES string of the molecule is CCNC(=NCc1ccc(OC)cc1)NCC(O)c1cc2ccccc2s1. The third-order valence-electron chi connectivity index (χ3n) is 4.16. The summed E-state index contributed by atoms with van der Waals surface area (Å²) >= 11 is 1.62. The molecule has 0 aliphatic carbocycles. The lowest BCUT2D eigenvalue weighted by molar-refractivity contribution is 0.184. The average Bonchev–Trinajstić information content (AvgIpc) is 3.14. The molecule has 0 spiro atoms. The molecule has 3 N–H and O–H groups in total. The molecular weight excluding hydrogens is 358 g/mol. The van der Waals surface area contributed by atoms with Gasteiger partial charge in [-0.25, -0.2) is 4.99 Å². The zero-order valence-corrected chi connectivity index (χ0v) is 16.4. The zero-order chi connectivity index (χ0) is 19.1. The maximum absolute atomic E-state index is 10.5. The summed E-state index contributed by atoms with van der Waals surface area (Å²) in [5.41, 5.74) is 1.10. The summed E-state index contributed by atoms with van der Waals surface area (Å²) in [5.74, 6) is 1.52. The van der Waals surface area contributed by atoms with Crippen molar-refractivity contribution in [3.8, 4) is 5.75 Å². The maximum Gasteiger partial charge on any atom is 0.191 e. The van der Waals surface area contributed by atoms with Gasteiger partial charge in [0, 0.05) is 22.7 Å². The number of fused-ring (bicyclic) bond motifs is 1. The predicted molar refractivity (Wildman–Crippen MR) is 113 cm³/mol. The summed E-state index contributed by atoms with van der Waals surface area (Å²) < 4.78 is 6.36. The number of methoxy groups -OCH3 is 1. The Morgan fingerprint density at radius 2 is 1.93 bits per heavy atom. The van der Waals surface area contributed by atoms with Crippen LogP contribution >= 0.6 is 11.3 Å². The van der Waals surface area contributed by atoms with Crippen molar-refractivity contribution in [1.82, 2.24) is 10.6 Å². The van der Waals surface area contributed by atoms with Gasteiger partial charge in [-0.2, -0.15) is 0 Å². The molecule has 0 aliphatic rings. The maximum atomic E-state index is 10.5. The molecule has 1 atom stereocenters. The molecule has 6 heteroatoms. The monoisotopic (exact) mass is 383 g/mol. The highest BCUT2D eigenvalue weighted by Crippen LogP contribution is 2.29. The second kappa shape index (κ2) is 9.39. The Labute approximate surface area is 163 Å². The van der Waals surface area contributed by atoms with Crippen LogP contribution in [0.1, 0.15) is 23.5 Å². The van der Waals surface area contributed by atoms with E-state index in [4.69, 9.17) is 4.74 Å². The summed E-state index contributed by atoms with van der Waals surface area (Å²) in [7, 11) is 1.66. The van der Waals surface area contributed by atoms with Gasteiger partial charge in [0.25, 0.3) is 0 Å². The molecule has 0 bridgehead atoms. The molecule has 0 aliphatic heterocycles. The van der Waals surface area contributed by atoms with Crippen molar-refractivity contribution in [1.29, 1.82) is 0 Å². The number of hydrogen-bond donors (Lipinski definition) is 3. The van der Waals surface area contributed by atoms with E-state index in [0.29, 0.717) is 19.0 Å². The summed E-state index contributed by atoms with van der Waals surface area (Å²) in [6, 6.07) is 18.1. The van der Waals surface area contributed by atoms with Crippen molar-refractivity contribution in [2.45, 2.75) is 19.6 Å². The van der Waals surface area contributed by atoms with Crippen LogP contribution in [0.4, 0.5) is 0 Å². The molecule has 5 nitrogen and oxygen atoms in total. The van der Waals surface area contributed by atoms with E-state index in [0.717, 1.165) is 28.1 Å². The zero-order valence-electron chi connectivity index (χ0n) is 15.6. The molecule has 27 heavy (non-hydrogen) atoms. The Balaban J connectivity index is 1.60. The topological polar surface area (TPSA) is 65.9 Å². The standard InChI is InChI=1S/C21H25N3O2S/c1-3-22-21(23-13-15-8-10-17(26-2)11-9-15)24-14-18(25)20-12-16-6-4-5-7-19(16)27-20/h4-12,18,25H,3,13-14H2,1-2H3,(H2,22,23,24). The van der Waals surface area contributed by atoms with Gasteiger partial charge in [0.2, 0.25) is 0 Å². The first kappa shape index (κ1) is 19.2. The van der Waals surface area contributed by atoms with E-state index in [9.17, 15) is 5.11 Å². The van der Waals surface area contributed by atoms with Crippen LogP contribution in [-0.4, -0.2) is 31.3 Å². The number of guanidine groups is 1. The van der Waals surface area contributed by atoms with Crippen LogP contribution in [0, 0.1) is 0 Å². The number of thiophene rings is 1. The summed E-state index contributed by atoms with van der Waals surface area (Å²) in [4.78, 5) is 5.55. The van der Waals surface area contributed by atoms with E-state index in [1.165, 1.54) is 4.70 Å². The third kappa shape index (κ3) is 5.21. The first-order chi connectivity index (χ1) is 13.2. The highest BCUT2D eigenvalue weighted by atomic mass is 32.1. The second-order valence-electron chi connectivity index (χ2n) is 6.13. The average molecular weight is 384 g/mol. The van der Waals surface area contributed by atoms with E-state index in [2.05, 4.69) is 27.8 Å². The number of ether oxygens (including phenoxy) is 1. The molecule has 1 unspecified atom stereocenters. The molecule has 0 saturated carbocycles. The normalized spacial score (nSPS) is 12.8. The van der Waals surface area contributed by atoms with Crippen LogP contribution < -0.4 is 15.4 Å². The van der Waals surface area contributed by atoms with Gasteiger partial charge in [-0.3, -0.25) is 0 Å². The van der Waals surface area contributed by atoms with Crippen molar-refractivity contribution in [2.24, 2.45) is 4.99 Å². The summed E-state index contributed by atoms with van der Waals surface area (Å²) in [5, 5.41) is 18.1. The second-order valence-corrected chi connectivity index (χ2v) is 7.24. The first-order valence-corrected chi connectivity index (χ1v) is 9.83. The highest BCUT2D eigenvalue weighted by Gasteiger charge is 2.12. The molecule has 0 amide bonds. The molecule has 1 heterocycles. The Hall–Kier alpha value is -2.57. The summed E-state index contributed by atoms with van der Waals surface area (Å²) in [6.07, 6.45) is -0.577. The van der Waals surface area contributed by atoms with Crippen molar-refractivity contribution in [3.05, 3.63) is 65.0 Å². The molecule has 0 radical (unpaired) electrons. The molecule has 142 valence electrons. The Kier molecular flexibility index (Phi) is 6.68. The van der Waals surface area contributed by atoms with E-state index in [1.807, 2.05) is 49.4 Å². The number of nitrogens with one attached hydrogen (secondary N) is 2. The van der Waals surface area contributed by atoms with Gasteiger partial charge in [0.05, 0.1) is 13.7 Å². The number of nitrogens with zero attached hydrogens (tertiary/aromatic N) is 1. The lowest BCUT2D eigenvalue weighted by atomic mass is 10.2. The molecule has 3 aromatic rings. The number of aliphatic imine (C=N–C) groups is 1. The number of hydrogen-bond acceptors (Lipinski definition) is 4. The van der Waals surface area contributed by atoms with Gasteiger partial charge >= 0.3 is 0 Å². The van der Waals surface area contributed by atoms with Gasteiger partial charge in [0.1, 0.15) is 11.9 Å². The van der Waals surface area contributed by atoms with Crippen LogP contribution in [0.25, 0.3) is 10.1 Å². The van der Waals surface area contributed by atoms with E-state index >= 15 is 0 Å². The van der Waals surface area contributed by atoms with E-state index < -0.39 is 6.10 Å². The quantitative estimate of drug-likeness (QED) is 0.430. The fourth-order valence-electron chi connectivity index (χ4n) is 2.70. The van der Waals surface area contributed by atoms with Gasteiger partial charge in [0.15, 0.2) is 5.96 Å². The van der Waals surface area contributed by atoms with Gasteiger partial charge < -0.3 is 20.5 Å². The minimum absolute atomic E-state index is 0.404. The van der Waals surface area contributed by atoms with Crippen molar-refractivity contribution < 1.29 is 9.84 Å². The minimum Gasteiger partial charge on any atom is -0.497 e. The molecular formula is C21H25N3O2S. The Morgan fingerprint density at radius 3 is 2.63 bits per heavy atom. The number of aliphatic hydroxyl groups is 1. The van der Waals surface area contributed by atoms with Crippen LogP contribution in [0.15, 0.2) is 59.6 Å². The van der Waals surface area contributed by atoms with Crippen molar-refractivity contribution >= 4 is 27.4 Å². The predicted octanol–water partition coefficient (Wildman–Crippen LogP) is 3.70. The molecule has 1 aromatic heterocycles. The molecule has 2 aromatic carbocycles. The van der Waals surface area contributed by atoms with Gasteiger partial charge in [-0.1, -0.05) is 30.3 Å². The van der Waals surface area contributed by atoms with Gasteiger partial charge in [-0.15, -0.1) is 11.3 Å². The molecule has 0 fully saturated rings. The van der Waals surface area contributed by atoms with Crippen LogP contribution in [0.5, 0.6) is 5.75 Å². The van der Waals surface area contributed by atoms with Crippen molar-refractivity contribution in [2.75, 3.05) is 20.2 Å². The van der Waals surface area contributed by atoms with Crippen LogP contribution in [0.2, 0.25) is 0 Å². The largest absolute Gasteiger partial charge is 0.497 e. The lowest BCUT2D eigenvalue weighted by Gasteiger charge is -2.14. The smallest absolute Gasteiger partial charge is 0.191 e. The number of rotatable bonds is 7. The van der Waals surface area contributed by atoms with E-state index in [-0.39, 0.29) is 0 Å². The minimum atomic E-state index is -0.577. The Bertz CT molecular complexity index is 857. The Morgan fingerprint density at radius 1 is 1.15 bits per heavy atom. The number of aliphatic hydroxyl groups excluding tert-OH is 1.